The number of likely N-dealkylation sites (tertiary alicyclic amines) is 1. The highest BCUT2D eigenvalue weighted by atomic mass is 16.5. The van der Waals surface area contributed by atoms with Gasteiger partial charge in [0, 0.05) is 13.5 Å². The minimum atomic E-state index is -0.201. The largest absolute Gasteiger partial charge is 0.493 e. The average Bonchev–Trinajstić information content (AvgIpc) is 3.28. The minimum Gasteiger partial charge on any atom is -0.493 e. The zero-order valence-electron chi connectivity index (χ0n) is 14.4. The second-order valence-electron chi connectivity index (χ2n) is 6.52. The van der Waals surface area contributed by atoms with Gasteiger partial charge in [-0.25, -0.2) is 0 Å². The first kappa shape index (κ1) is 15.9. The van der Waals surface area contributed by atoms with Gasteiger partial charge in [-0.1, -0.05) is 17.3 Å². The quantitative estimate of drug-likeness (QED) is 0.851. The molecule has 2 aromatic rings. The van der Waals surface area contributed by atoms with Crippen LogP contribution in [0.1, 0.15) is 36.2 Å². The number of nitrogens with zero attached hydrogens (tertiary/aromatic N) is 3. The van der Waals surface area contributed by atoms with Crippen LogP contribution >= 0.6 is 0 Å². The number of hydrogen-bond acceptors (Lipinski definition) is 6. The van der Waals surface area contributed by atoms with Crippen LogP contribution in [0.2, 0.25) is 0 Å². The molecule has 1 saturated heterocycles. The lowest BCUT2D eigenvalue weighted by Crippen LogP contribution is -2.40. The summed E-state index contributed by atoms with van der Waals surface area (Å²) in [5.41, 5.74) is 1.01. The van der Waals surface area contributed by atoms with E-state index in [2.05, 4.69) is 10.1 Å². The maximum Gasteiger partial charge on any atom is 0.230 e. The Morgan fingerprint density at radius 2 is 2.28 bits per heavy atom. The molecule has 7 heteroatoms. The van der Waals surface area contributed by atoms with E-state index in [-0.39, 0.29) is 17.9 Å². The van der Waals surface area contributed by atoms with Crippen molar-refractivity contribution in [2.24, 2.45) is 5.92 Å². The zero-order valence-corrected chi connectivity index (χ0v) is 14.4. The van der Waals surface area contributed by atoms with Gasteiger partial charge in [-0.3, -0.25) is 4.79 Å². The van der Waals surface area contributed by atoms with E-state index in [1.807, 2.05) is 23.1 Å². The number of aryl methyl sites for hydroxylation is 1. The number of aromatic nitrogens is 2. The van der Waals surface area contributed by atoms with Crippen LogP contribution in [0.4, 0.5) is 0 Å². The van der Waals surface area contributed by atoms with Crippen molar-refractivity contribution < 1.29 is 18.8 Å². The second-order valence-corrected chi connectivity index (χ2v) is 6.52. The molecule has 0 bridgehead atoms. The van der Waals surface area contributed by atoms with Gasteiger partial charge in [-0.2, -0.15) is 4.98 Å². The van der Waals surface area contributed by atoms with Crippen LogP contribution in [0.3, 0.4) is 0 Å². The highest BCUT2D eigenvalue weighted by Crippen LogP contribution is 2.38. The molecule has 25 heavy (non-hydrogen) atoms. The van der Waals surface area contributed by atoms with Crippen LogP contribution in [0.5, 0.6) is 11.5 Å². The number of methoxy groups -OCH3 is 1. The predicted molar refractivity (Wildman–Crippen MR) is 88.4 cm³/mol. The third-order valence-electron chi connectivity index (χ3n) is 4.90. The fourth-order valence-electron chi connectivity index (χ4n) is 3.70. The lowest BCUT2D eigenvalue weighted by atomic mass is 9.95. The fraction of sp³-hybridized carbons (Fsp3) is 0.500. The highest BCUT2D eigenvalue weighted by Gasteiger charge is 2.38. The molecule has 0 radical (unpaired) electrons. The van der Waals surface area contributed by atoms with Crippen molar-refractivity contribution in [3.8, 4) is 11.5 Å². The van der Waals surface area contributed by atoms with Crippen molar-refractivity contribution >= 4 is 5.91 Å². The number of carbonyl (C=O) groups is 1. The summed E-state index contributed by atoms with van der Waals surface area (Å²) in [5.74, 6) is 2.48. The molecule has 4 rings (SSSR count). The number of fused-ring (bicyclic) bond motifs is 1. The Labute approximate surface area is 145 Å². The number of hydrogen-bond donors (Lipinski definition) is 0. The van der Waals surface area contributed by atoms with Crippen molar-refractivity contribution in [1.29, 1.82) is 0 Å². The summed E-state index contributed by atoms with van der Waals surface area (Å²) in [5, 5.41) is 4.01. The molecule has 2 aliphatic rings. The summed E-state index contributed by atoms with van der Waals surface area (Å²) in [6.07, 6.45) is 2.46. The van der Waals surface area contributed by atoms with E-state index < -0.39 is 0 Å². The maximum absolute atomic E-state index is 13.1. The molecular formula is C18H21N3O4. The number of rotatable bonds is 3. The Balaban J connectivity index is 1.53. The van der Waals surface area contributed by atoms with Crippen LogP contribution < -0.4 is 9.47 Å². The summed E-state index contributed by atoms with van der Waals surface area (Å²) < 4.78 is 16.3. The molecule has 2 atom stereocenters. The van der Waals surface area contributed by atoms with Gasteiger partial charge < -0.3 is 18.9 Å². The molecule has 132 valence electrons. The van der Waals surface area contributed by atoms with Gasteiger partial charge in [0.2, 0.25) is 11.8 Å². The number of benzene rings is 1. The van der Waals surface area contributed by atoms with Gasteiger partial charge in [0.15, 0.2) is 17.3 Å². The number of carbonyl (C=O) groups excluding carboxylic acids is 1. The van der Waals surface area contributed by atoms with E-state index in [1.54, 1.807) is 14.0 Å². The molecular weight excluding hydrogens is 322 g/mol. The first-order valence-corrected chi connectivity index (χ1v) is 8.56. The number of para-hydroxylation sites is 1. The van der Waals surface area contributed by atoms with Crippen molar-refractivity contribution in [3.05, 3.63) is 35.5 Å². The predicted octanol–water partition coefficient (Wildman–Crippen LogP) is 2.30. The van der Waals surface area contributed by atoms with Gasteiger partial charge in [-0.15, -0.1) is 0 Å². The molecule has 0 unspecified atom stereocenters. The summed E-state index contributed by atoms with van der Waals surface area (Å²) in [6, 6.07) is 5.68. The molecule has 0 N–H and O–H groups in total. The van der Waals surface area contributed by atoms with Gasteiger partial charge in [0.25, 0.3) is 0 Å². The summed E-state index contributed by atoms with van der Waals surface area (Å²) >= 11 is 0. The van der Waals surface area contributed by atoms with Crippen molar-refractivity contribution in [1.82, 2.24) is 15.0 Å². The van der Waals surface area contributed by atoms with Crippen molar-refractivity contribution in [2.45, 2.75) is 32.2 Å². The van der Waals surface area contributed by atoms with Gasteiger partial charge in [0.05, 0.1) is 19.1 Å². The van der Waals surface area contributed by atoms with E-state index in [0.717, 1.165) is 30.7 Å². The van der Waals surface area contributed by atoms with Crippen LogP contribution in [-0.4, -0.2) is 41.2 Å². The van der Waals surface area contributed by atoms with E-state index in [4.69, 9.17) is 14.0 Å². The standard InChI is InChI=1S/C18H21N3O4/c1-11-19-17(20-25-11)14-6-4-8-21(14)18(22)13-9-12-5-3-7-15(23-2)16(12)24-10-13/h3,5,7,13-14H,4,6,8-10H2,1-2H3/t13-,14+/m0/s1. The molecule has 1 aromatic heterocycles. The summed E-state index contributed by atoms with van der Waals surface area (Å²) in [7, 11) is 1.62. The minimum absolute atomic E-state index is 0.0958. The Morgan fingerprint density at radius 1 is 1.40 bits per heavy atom. The van der Waals surface area contributed by atoms with Crippen LogP contribution in [0.25, 0.3) is 0 Å². The summed E-state index contributed by atoms with van der Waals surface area (Å²) in [6.45, 7) is 2.84. The second kappa shape index (κ2) is 6.38. The van der Waals surface area contributed by atoms with Crippen LogP contribution in [-0.2, 0) is 11.2 Å². The first-order chi connectivity index (χ1) is 12.2. The van der Waals surface area contributed by atoms with E-state index in [9.17, 15) is 4.79 Å². The molecule has 1 fully saturated rings. The Bertz CT molecular complexity index is 788. The fourth-order valence-corrected chi connectivity index (χ4v) is 3.70. The normalized spacial score (nSPS) is 22.4. The van der Waals surface area contributed by atoms with Gasteiger partial charge in [0.1, 0.15) is 6.61 Å². The van der Waals surface area contributed by atoms with Gasteiger partial charge >= 0.3 is 0 Å². The van der Waals surface area contributed by atoms with Crippen LogP contribution in [0.15, 0.2) is 22.7 Å². The lowest BCUT2D eigenvalue weighted by Gasteiger charge is -2.31. The van der Waals surface area contributed by atoms with E-state index in [1.165, 1.54) is 0 Å². The average molecular weight is 343 g/mol. The summed E-state index contributed by atoms with van der Waals surface area (Å²) in [4.78, 5) is 19.3. The molecule has 0 spiro atoms. The Morgan fingerprint density at radius 3 is 3.04 bits per heavy atom. The highest BCUT2D eigenvalue weighted by molar-refractivity contribution is 5.80. The number of ether oxygens (including phenoxy) is 2. The molecule has 0 saturated carbocycles. The SMILES string of the molecule is COc1cccc2c1OC[C@@H](C(=O)N1CCC[C@@H]1c1noc(C)n1)C2. The first-order valence-electron chi connectivity index (χ1n) is 8.56. The third-order valence-corrected chi connectivity index (χ3v) is 4.90. The van der Waals surface area contributed by atoms with Crippen molar-refractivity contribution in [2.75, 3.05) is 20.3 Å². The lowest BCUT2D eigenvalue weighted by molar-refractivity contribution is -0.138. The smallest absolute Gasteiger partial charge is 0.230 e. The molecule has 7 nitrogen and oxygen atoms in total. The van der Waals surface area contributed by atoms with Crippen molar-refractivity contribution in [3.63, 3.8) is 0 Å². The topological polar surface area (TPSA) is 77.7 Å². The van der Waals surface area contributed by atoms with Crippen LogP contribution in [0, 0.1) is 12.8 Å². The molecule has 0 aliphatic carbocycles. The van der Waals surface area contributed by atoms with E-state index in [0.29, 0.717) is 30.5 Å². The Hall–Kier alpha value is -2.57. The third kappa shape index (κ3) is 2.83. The molecule has 1 aromatic carbocycles. The Kier molecular flexibility index (Phi) is 4.07. The van der Waals surface area contributed by atoms with E-state index >= 15 is 0 Å². The maximum atomic E-state index is 13.1. The monoisotopic (exact) mass is 343 g/mol. The molecule has 2 aliphatic heterocycles. The zero-order chi connectivity index (χ0) is 17.4. The number of amides is 1. The van der Waals surface area contributed by atoms with Gasteiger partial charge in [-0.05, 0) is 30.9 Å². The molecule has 1 amide bonds. The molecule has 3 heterocycles.